The normalized spacial score (nSPS) is 18.4. The van der Waals surface area contributed by atoms with E-state index in [2.05, 4.69) is 27.3 Å². The van der Waals surface area contributed by atoms with E-state index in [1.165, 1.54) is 4.90 Å². The van der Waals surface area contributed by atoms with Crippen LogP contribution in [0.5, 0.6) is 5.88 Å². The number of carbonyl (C=O) groups excluding carboxylic acids is 2. The molecule has 2 aromatic heterocycles. The van der Waals surface area contributed by atoms with Crippen molar-refractivity contribution in [2.45, 2.75) is 53.7 Å². The van der Waals surface area contributed by atoms with E-state index in [4.69, 9.17) is 9.26 Å². The lowest BCUT2D eigenvalue weighted by Crippen LogP contribution is -2.50. The van der Waals surface area contributed by atoms with Crippen LogP contribution in [0.3, 0.4) is 0 Å². The highest BCUT2D eigenvalue weighted by atomic mass is 16.5. The summed E-state index contributed by atoms with van der Waals surface area (Å²) in [6, 6.07) is 0.932. The second-order valence-corrected chi connectivity index (χ2v) is 9.63. The minimum absolute atomic E-state index is 0.160. The summed E-state index contributed by atoms with van der Waals surface area (Å²) in [5.41, 5.74) is 2.02. The fourth-order valence-electron chi connectivity index (χ4n) is 3.83. The highest BCUT2D eigenvalue weighted by molar-refractivity contribution is 5.97. The van der Waals surface area contributed by atoms with Crippen molar-refractivity contribution in [2.75, 3.05) is 32.1 Å². The molecule has 1 aliphatic rings. The summed E-state index contributed by atoms with van der Waals surface area (Å²) in [4.78, 5) is 33.9. The zero-order valence-corrected chi connectivity index (χ0v) is 22.0. The van der Waals surface area contributed by atoms with E-state index in [1.807, 2.05) is 20.8 Å². The molecular formula is C26H35N5O5. The molecule has 3 heterocycles. The van der Waals surface area contributed by atoms with Crippen molar-refractivity contribution in [2.24, 2.45) is 11.8 Å². The highest BCUT2D eigenvalue weighted by Gasteiger charge is 2.34. The molecule has 1 aliphatic heterocycles. The van der Waals surface area contributed by atoms with E-state index in [0.29, 0.717) is 29.2 Å². The number of pyridine rings is 1. The van der Waals surface area contributed by atoms with Crippen molar-refractivity contribution in [3.05, 3.63) is 34.8 Å². The topological polar surface area (TPSA) is 121 Å². The summed E-state index contributed by atoms with van der Waals surface area (Å²) in [6.45, 7) is 11.6. The fraction of sp³-hybridized carbons (Fsp3) is 0.538. The van der Waals surface area contributed by atoms with Gasteiger partial charge in [0.15, 0.2) is 5.76 Å². The molecule has 3 rings (SSSR count). The van der Waals surface area contributed by atoms with Gasteiger partial charge in [-0.1, -0.05) is 37.8 Å². The predicted molar refractivity (Wildman–Crippen MR) is 135 cm³/mol. The third-order valence-corrected chi connectivity index (χ3v) is 6.09. The van der Waals surface area contributed by atoms with Crippen LogP contribution in [0.4, 0.5) is 10.5 Å². The molecule has 10 nitrogen and oxygen atoms in total. The van der Waals surface area contributed by atoms with Gasteiger partial charge in [0.05, 0.1) is 19.2 Å². The van der Waals surface area contributed by atoms with Crippen molar-refractivity contribution < 1.29 is 24.0 Å². The molecule has 3 amide bonds. The largest absolute Gasteiger partial charge is 0.472 e. The molecule has 2 aromatic rings. The molecule has 194 valence electrons. The van der Waals surface area contributed by atoms with Crippen molar-refractivity contribution in [1.29, 1.82) is 0 Å². The smallest absolute Gasteiger partial charge is 0.321 e. The van der Waals surface area contributed by atoms with Gasteiger partial charge in [-0.2, -0.15) is 0 Å². The Morgan fingerprint density at radius 1 is 1.36 bits per heavy atom. The Morgan fingerprint density at radius 2 is 2.08 bits per heavy atom. The number of carbonyl (C=O) groups is 2. The molecule has 0 spiro atoms. The summed E-state index contributed by atoms with van der Waals surface area (Å²) in [7, 11) is 1.67. The maximum atomic E-state index is 13.5. The number of urea groups is 1. The third kappa shape index (κ3) is 6.15. The summed E-state index contributed by atoms with van der Waals surface area (Å²) in [5, 5.41) is 16.5. The third-order valence-electron chi connectivity index (χ3n) is 6.09. The van der Waals surface area contributed by atoms with Crippen LogP contribution in [0, 0.1) is 37.5 Å². The van der Waals surface area contributed by atoms with Crippen molar-refractivity contribution in [3.8, 4) is 17.7 Å². The van der Waals surface area contributed by atoms with Gasteiger partial charge in [-0.25, -0.2) is 9.78 Å². The lowest BCUT2D eigenvalue weighted by atomic mass is 10.00. The average molecular weight is 498 g/mol. The van der Waals surface area contributed by atoms with Crippen LogP contribution >= 0.6 is 0 Å². The van der Waals surface area contributed by atoms with Gasteiger partial charge in [0.1, 0.15) is 23.0 Å². The summed E-state index contributed by atoms with van der Waals surface area (Å²) in [5.74, 6) is 6.56. The Bertz CT molecular complexity index is 1150. The average Bonchev–Trinajstić information content (AvgIpc) is 3.16. The number of likely N-dealkylation sites (N-methyl/N-ethyl adjacent to an activating group) is 1. The van der Waals surface area contributed by atoms with Crippen LogP contribution in [-0.4, -0.2) is 75.9 Å². The minimum Gasteiger partial charge on any atom is -0.472 e. The second-order valence-electron chi connectivity index (χ2n) is 9.63. The Balaban J connectivity index is 1.90. The quantitative estimate of drug-likeness (QED) is 0.609. The Kier molecular flexibility index (Phi) is 8.58. The summed E-state index contributed by atoms with van der Waals surface area (Å²) < 4.78 is 11.4. The number of anilines is 1. The van der Waals surface area contributed by atoms with Crippen LogP contribution in [-0.2, 0) is 0 Å². The molecular weight excluding hydrogens is 462 g/mol. The van der Waals surface area contributed by atoms with E-state index in [-0.39, 0.29) is 48.4 Å². The highest BCUT2D eigenvalue weighted by Crippen LogP contribution is 2.27. The van der Waals surface area contributed by atoms with Crippen LogP contribution < -0.4 is 10.1 Å². The first-order valence-corrected chi connectivity index (χ1v) is 12.1. The van der Waals surface area contributed by atoms with Gasteiger partial charge in [-0.3, -0.25) is 4.79 Å². The number of amides is 3. The lowest BCUT2D eigenvalue weighted by Gasteiger charge is -2.37. The number of aliphatic hydroxyl groups excluding tert-OH is 1. The maximum Gasteiger partial charge on any atom is 0.321 e. The fourth-order valence-corrected chi connectivity index (χ4v) is 3.83. The zero-order valence-electron chi connectivity index (χ0n) is 22.0. The number of nitrogens with zero attached hydrogens (tertiary/aromatic N) is 4. The number of fused-ring (bicyclic) bond motifs is 1. The first kappa shape index (κ1) is 27.0. The zero-order chi connectivity index (χ0) is 26.6. The Hall–Kier alpha value is -3.58. The van der Waals surface area contributed by atoms with Crippen LogP contribution in [0.2, 0.25) is 0 Å². The molecule has 0 bridgehead atoms. The second kappa shape index (κ2) is 11.4. The van der Waals surface area contributed by atoms with Crippen molar-refractivity contribution >= 4 is 17.6 Å². The van der Waals surface area contributed by atoms with E-state index >= 15 is 0 Å². The molecule has 36 heavy (non-hydrogen) atoms. The van der Waals surface area contributed by atoms with E-state index in [1.54, 1.807) is 45.0 Å². The number of rotatable bonds is 5. The molecule has 3 atom stereocenters. The minimum atomic E-state index is -0.467. The molecule has 0 aromatic carbocycles. The van der Waals surface area contributed by atoms with Gasteiger partial charge in [-0.15, -0.1) is 0 Å². The molecule has 2 N–H and O–H groups in total. The summed E-state index contributed by atoms with van der Waals surface area (Å²) in [6.07, 6.45) is 1.11. The number of aromatic nitrogens is 2. The van der Waals surface area contributed by atoms with Gasteiger partial charge in [0.2, 0.25) is 5.88 Å². The molecule has 0 fully saturated rings. The van der Waals surface area contributed by atoms with E-state index in [0.717, 1.165) is 0 Å². The van der Waals surface area contributed by atoms with E-state index in [9.17, 15) is 14.7 Å². The Labute approximate surface area is 212 Å². The number of hydrogen-bond acceptors (Lipinski definition) is 7. The first-order valence-electron chi connectivity index (χ1n) is 12.1. The molecule has 0 saturated carbocycles. The number of nitrogens with one attached hydrogen (secondary N) is 1. The molecule has 0 saturated heterocycles. The van der Waals surface area contributed by atoms with Crippen molar-refractivity contribution in [1.82, 2.24) is 19.9 Å². The number of hydrogen-bond donors (Lipinski definition) is 2. The van der Waals surface area contributed by atoms with Gasteiger partial charge >= 0.3 is 6.03 Å². The molecule has 0 aliphatic carbocycles. The van der Waals surface area contributed by atoms with E-state index < -0.39 is 12.1 Å². The van der Waals surface area contributed by atoms with Gasteiger partial charge in [0.25, 0.3) is 5.91 Å². The van der Waals surface area contributed by atoms with Crippen LogP contribution in [0.25, 0.3) is 0 Å². The van der Waals surface area contributed by atoms with Gasteiger partial charge in [-0.05, 0) is 26.8 Å². The van der Waals surface area contributed by atoms with Crippen LogP contribution in [0.1, 0.15) is 55.1 Å². The Morgan fingerprint density at radius 3 is 2.69 bits per heavy atom. The standard InChI is InChI=1S/C26H35N5O5/c1-15(2)8-9-20-10-21-24(27-11-20)35-22(16(3)12-31(25(21)33)17(4)14-32)13-30(7)26(34)28-23-18(5)29-36-19(23)6/h10-11,15-17,22,32H,12-14H2,1-7H3,(H,28,34)/t16-,17-,22+/m1/s1. The predicted octanol–water partition coefficient (Wildman–Crippen LogP) is 3.08. The number of aryl methyl sites for hydroxylation is 2. The summed E-state index contributed by atoms with van der Waals surface area (Å²) >= 11 is 0. The molecule has 0 radical (unpaired) electrons. The monoisotopic (exact) mass is 497 g/mol. The number of aliphatic hydroxyl groups is 1. The molecule has 10 heteroatoms. The van der Waals surface area contributed by atoms with Crippen LogP contribution in [0.15, 0.2) is 16.8 Å². The first-order chi connectivity index (χ1) is 17.0. The lowest BCUT2D eigenvalue weighted by molar-refractivity contribution is 0.0356. The number of ether oxygens (including phenoxy) is 1. The van der Waals surface area contributed by atoms with Gasteiger partial charge < -0.3 is 29.5 Å². The molecule has 0 unspecified atom stereocenters. The van der Waals surface area contributed by atoms with Crippen molar-refractivity contribution in [3.63, 3.8) is 0 Å². The van der Waals surface area contributed by atoms with Gasteiger partial charge in [0, 0.05) is 37.2 Å². The maximum absolute atomic E-state index is 13.5. The SMILES string of the molecule is Cc1noc(C)c1NC(=O)N(C)C[C@@H]1Oc2ncc(C#CC(C)C)cc2C(=O)N([C@H](C)CO)C[C@H]1C.